The van der Waals surface area contributed by atoms with Crippen molar-refractivity contribution in [3.8, 4) is 0 Å². The highest BCUT2D eigenvalue weighted by Crippen LogP contribution is 2.22. The van der Waals surface area contributed by atoms with Crippen LogP contribution in [-0.2, 0) is 4.79 Å². The molecule has 1 aromatic carbocycles. The zero-order valence-electron chi connectivity index (χ0n) is 10.2. The summed E-state index contributed by atoms with van der Waals surface area (Å²) in [5.74, 6) is -0.471. The fraction of sp³-hybridized carbons (Fsp3) is 0.333. The number of carbonyl (C=O) groups excluding carboxylic acids is 2. The van der Waals surface area contributed by atoms with E-state index < -0.39 is 18.0 Å². The van der Waals surface area contributed by atoms with Gasteiger partial charge < -0.3 is 5.73 Å². The SMILES string of the molecule is C[C@H](N[C@@H](C)c1ccccc1Cl)C(=O)NC(N)=O. The normalized spacial score (nSPS) is 13.7. The maximum absolute atomic E-state index is 11.5. The van der Waals surface area contributed by atoms with E-state index in [4.69, 9.17) is 17.3 Å². The summed E-state index contributed by atoms with van der Waals surface area (Å²) < 4.78 is 0. The van der Waals surface area contributed by atoms with Crippen molar-refractivity contribution in [3.05, 3.63) is 34.9 Å². The minimum Gasteiger partial charge on any atom is -0.351 e. The van der Waals surface area contributed by atoms with Crippen molar-refractivity contribution in [3.63, 3.8) is 0 Å². The van der Waals surface area contributed by atoms with E-state index >= 15 is 0 Å². The van der Waals surface area contributed by atoms with E-state index in [0.717, 1.165) is 5.56 Å². The molecule has 0 aliphatic carbocycles. The van der Waals surface area contributed by atoms with Crippen LogP contribution in [0.5, 0.6) is 0 Å². The smallest absolute Gasteiger partial charge is 0.318 e. The first-order valence-corrected chi connectivity index (χ1v) is 5.90. The van der Waals surface area contributed by atoms with Crippen molar-refractivity contribution < 1.29 is 9.59 Å². The molecular weight excluding hydrogens is 254 g/mol. The number of hydrogen-bond donors (Lipinski definition) is 3. The molecule has 0 aliphatic heterocycles. The molecular formula is C12H16ClN3O2. The van der Waals surface area contributed by atoms with Crippen molar-refractivity contribution in [2.24, 2.45) is 5.73 Å². The molecule has 3 amide bonds. The van der Waals surface area contributed by atoms with Crippen LogP contribution in [0, 0.1) is 0 Å². The molecule has 1 rings (SSSR count). The van der Waals surface area contributed by atoms with E-state index in [9.17, 15) is 9.59 Å². The molecule has 4 N–H and O–H groups in total. The molecule has 1 aromatic rings. The Morgan fingerprint density at radius 3 is 2.44 bits per heavy atom. The highest BCUT2D eigenvalue weighted by molar-refractivity contribution is 6.31. The summed E-state index contributed by atoms with van der Waals surface area (Å²) in [6.07, 6.45) is 0. The van der Waals surface area contributed by atoms with Crippen molar-refractivity contribution in [1.29, 1.82) is 0 Å². The molecule has 0 saturated heterocycles. The lowest BCUT2D eigenvalue weighted by Crippen LogP contribution is -2.47. The average molecular weight is 270 g/mol. The number of carbonyl (C=O) groups is 2. The number of primary amides is 1. The molecule has 0 spiro atoms. The second kappa shape index (κ2) is 6.37. The number of hydrogen-bond acceptors (Lipinski definition) is 3. The monoisotopic (exact) mass is 269 g/mol. The Balaban J connectivity index is 2.65. The summed E-state index contributed by atoms with van der Waals surface area (Å²) in [4.78, 5) is 22.1. The zero-order valence-corrected chi connectivity index (χ0v) is 11.0. The van der Waals surface area contributed by atoms with Gasteiger partial charge in [-0.2, -0.15) is 0 Å². The topological polar surface area (TPSA) is 84.2 Å². The van der Waals surface area contributed by atoms with E-state index in [1.165, 1.54) is 0 Å². The third-order valence-corrected chi connectivity index (χ3v) is 2.86. The van der Waals surface area contributed by atoms with E-state index in [1.807, 2.05) is 30.4 Å². The quantitative estimate of drug-likeness (QED) is 0.776. The Morgan fingerprint density at radius 2 is 1.89 bits per heavy atom. The zero-order chi connectivity index (χ0) is 13.7. The second-order valence-corrected chi connectivity index (χ2v) is 4.39. The van der Waals surface area contributed by atoms with Crippen LogP contribution in [-0.4, -0.2) is 18.0 Å². The number of nitrogens with one attached hydrogen (secondary N) is 2. The van der Waals surface area contributed by atoms with Gasteiger partial charge in [-0.1, -0.05) is 29.8 Å². The number of nitrogens with two attached hydrogens (primary N) is 1. The molecule has 0 bridgehead atoms. The highest BCUT2D eigenvalue weighted by Gasteiger charge is 2.18. The largest absolute Gasteiger partial charge is 0.351 e. The minimum atomic E-state index is -0.862. The fourth-order valence-electron chi connectivity index (χ4n) is 1.60. The molecule has 0 heterocycles. The van der Waals surface area contributed by atoms with E-state index in [0.29, 0.717) is 5.02 Å². The van der Waals surface area contributed by atoms with Gasteiger partial charge in [-0.3, -0.25) is 15.4 Å². The molecule has 98 valence electrons. The first-order valence-electron chi connectivity index (χ1n) is 5.52. The number of benzene rings is 1. The standard InChI is InChI=1S/C12H16ClN3O2/c1-7(9-5-3-4-6-10(9)13)15-8(2)11(17)16-12(14)18/h3-8,15H,1-2H3,(H3,14,16,17,18)/t7-,8-/m0/s1. The molecule has 0 unspecified atom stereocenters. The number of halogens is 1. The predicted molar refractivity (Wildman–Crippen MR) is 70.2 cm³/mol. The van der Waals surface area contributed by atoms with Crippen LogP contribution in [0.25, 0.3) is 0 Å². The third-order valence-electron chi connectivity index (χ3n) is 2.51. The Morgan fingerprint density at radius 1 is 1.28 bits per heavy atom. The van der Waals surface area contributed by atoms with Crippen LogP contribution in [0.4, 0.5) is 4.79 Å². The molecule has 5 nitrogen and oxygen atoms in total. The molecule has 18 heavy (non-hydrogen) atoms. The molecule has 0 fully saturated rings. The van der Waals surface area contributed by atoms with Crippen LogP contribution >= 0.6 is 11.6 Å². The maximum atomic E-state index is 11.5. The summed E-state index contributed by atoms with van der Waals surface area (Å²) in [6, 6.07) is 5.83. The van der Waals surface area contributed by atoms with Gasteiger partial charge in [-0.25, -0.2) is 4.79 Å². The molecule has 0 saturated carbocycles. The van der Waals surface area contributed by atoms with Gasteiger partial charge in [0.05, 0.1) is 6.04 Å². The van der Waals surface area contributed by atoms with Gasteiger partial charge in [0.15, 0.2) is 0 Å². The molecule has 0 radical (unpaired) electrons. The number of imide groups is 1. The summed E-state index contributed by atoms with van der Waals surface area (Å²) >= 11 is 6.05. The van der Waals surface area contributed by atoms with Crippen molar-refractivity contribution in [2.45, 2.75) is 25.9 Å². The summed E-state index contributed by atoms with van der Waals surface area (Å²) in [5.41, 5.74) is 5.76. The average Bonchev–Trinajstić information content (AvgIpc) is 2.28. The summed E-state index contributed by atoms with van der Waals surface area (Å²) in [6.45, 7) is 3.53. The Kier molecular flexibility index (Phi) is 5.12. The van der Waals surface area contributed by atoms with E-state index in [1.54, 1.807) is 13.0 Å². The third kappa shape index (κ3) is 4.01. The Bertz CT molecular complexity index is 451. The van der Waals surface area contributed by atoms with E-state index in [2.05, 4.69) is 5.32 Å². The van der Waals surface area contributed by atoms with Gasteiger partial charge in [-0.15, -0.1) is 0 Å². The van der Waals surface area contributed by atoms with Crippen LogP contribution in [0.15, 0.2) is 24.3 Å². The highest BCUT2D eigenvalue weighted by atomic mass is 35.5. The minimum absolute atomic E-state index is 0.118. The van der Waals surface area contributed by atoms with Gasteiger partial charge in [0.1, 0.15) is 0 Å². The van der Waals surface area contributed by atoms with Gasteiger partial charge in [0.2, 0.25) is 5.91 Å². The molecule has 2 atom stereocenters. The number of amides is 3. The Hall–Kier alpha value is -1.59. The first-order chi connectivity index (χ1) is 8.41. The Labute approximate surface area is 111 Å². The van der Waals surface area contributed by atoms with Crippen molar-refractivity contribution in [2.75, 3.05) is 0 Å². The van der Waals surface area contributed by atoms with Crippen LogP contribution in [0.2, 0.25) is 5.02 Å². The molecule has 6 heteroatoms. The summed E-state index contributed by atoms with van der Waals surface area (Å²) in [7, 11) is 0. The van der Waals surface area contributed by atoms with Gasteiger partial charge >= 0.3 is 6.03 Å². The first kappa shape index (κ1) is 14.5. The number of rotatable bonds is 4. The van der Waals surface area contributed by atoms with Crippen LogP contribution < -0.4 is 16.4 Å². The lowest BCUT2D eigenvalue weighted by molar-refractivity contribution is -0.121. The van der Waals surface area contributed by atoms with Crippen LogP contribution in [0.1, 0.15) is 25.5 Å². The second-order valence-electron chi connectivity index (χ2n) is 3.99. The maximum Gasteiger partial charge on any atom is 0.318 e. The van der Waals surface area contributed by atoms with Gasteiger partial charge in [0, 0.05) is 11.1 Å². The molecule has 0 aliphatic rings. The van der Waals surface area contributed by atoms with Crippen molar-refractivity contribution >= 4 is 23.5 Å². The van der Waals surface area contributed by atoms with E-state index in [-0.39, 0.29) is 6.04 Å². The lowest BCUT2D eigenvalue weighted by atomic mass is 10.1. The summed E-state index contributed by atoms with van der Waals surface area (Å²) in [5, 5.41) is 5.68. The number of urea groups is 1. The van der Waals surface area contributed by atoms with Gasteiger partial charge in [-0.05, 0) is 25.5 Å². The van der Waals surface area contributed by atoms with Gasteiger partial charge in [0.25, 0.3) is 0 Å². The molecule has 0 aromatic heterocycles. The fourth-order valence-corrected chi connectivity index (χ4v) is 1.90. The predicted octanol–water partition coefficient (Wildman–Crippen LogP) is 1.57. The van der Waals surface area contributed by atoms with Crippen molar-refractivity contribution in [1.82, 2.24) is 10.6 Å². The van der Waals surface area contributed by atoms with Crippen LogP contribution in [0.3, 0.4) is 0 Å². The lowest BCUT2D eigenvalue weighted by Gasteiger charge is -2.20.